The largest absolute Gasteiger partial charge is 0.508 e. The number of primary amides is 2. The van der Waals surface area contributed by atoms with Gasteiger partial charge in [-0.2, -0.15) is 25.3 Å². The summed E-state index contributed by atoms with van der Waals surface area (Å²) in [6, 6.07) is 2.15. The predicted molar refractivity (Wildman–Crippen MR) is 322 cm³/mol. The third-order valence-electron chi connectivity index (χ3n) is 14.0. The topological polar surface area (TPSA) is 549 Å². The number of rotatable bonds is 36. The van der Waals surface area contributed by atoms with Gasteiger partial charge in [0.1, 0.15) is 72.5 Å². The summed E-state index contributed by atoms with van der Waals surface area (Å²) in [4.78, 5) is 154. The zero-order chi connectivity index (χ0) is 65.9. The maximum atomic E-state index is 14.7. The van der Waals surface area contributed by atoms with E-state index in [4.69, 9.17) is 38.1 Å². The van der Waals surface area contributed by atoms with Crippen molar-refractivity contribution < 1.29 is 87.7 Å². The number of thiol groups is 2. The van der Waals surface area contributed by atoms with Crippen LogP contribution in [0.4, 0.5) is 0 Å². The predicted octanol–water partition coefficient (Wildman–Crippen LogP) is -8.49. The molecule has 4 rings (SSSR count). The molecular formula is C54H81N15O18S2. The number of carbonyl (C=O) groups is 11. The molecule has 0 bridgehead atoms. The van der Waals surface area contributed by atoms with Crippen LogP contribution in [0, 0.1) is 0 Å². The zero-order valence-electron chi connectivity index (χ0n) is 48.4. The van der Waals surface area contributed by atoms with E-state index in [0.29, 0.717) is 17.5 Å². The Labute approximate surface area is 522 Å². The second-order valence-corrected chi connectivity index (χ2v) is 21.6. The summed E-state index contributed by atoms with van der Waals surface area (Å²) < 4.78 is 10.8. The third kappa shape index (κ3) is 24.2. The SMILES string of the molecule is NC(=O)CNC(=O)[C@H](CCCN=C(N)N)NC(=O)[C@@H]1CCCN1C(=O)[C@H](CS)NC(=O)[C@H](CC(N)=O)NC(=O)[C@H](CCC(=O)NCCO[C@@H]1O[C@H](CO)[C@H](O)[C@H](O)[C@H]1O)NC(=O)[C@H](Cc1ccccc1)NC(=O)[C@H](Cc1ccc(O)cc1)NC(=O)[C@@H](N)CS. The Morgan fingerprint density at radius 1 is 0.663 bits per heavy atom. The summed E-state index contributed by atoms with van der Waals surface area (Å²) in [5.41, 5.74) is 28.4. The number of nitrogens with two attached hydrogens (primary N) is 5. The lowest BCUT2D eigenvalue weighted by Gasteiger charge is -2.39. The van der Waals surface area contributed by atoms with Crippen molar-refractivity contribution in [1.29, 1.82) is 0 Å². The molecule has 35 heteroatoms. The molecule has 11 amide bonds. The minimum absolute atomic E-state index is 0.00849. The van der Waals surface area contributed by atoms with E-state index < -0.39 is 182 Å². The highest BCUT2D eigenvalue weighted by molar-refractivity contribution is 7.80. The van der Waals surface area contributed by atoms with Gasteiger partial charge in [0.05, 0.1) is 32.2 Å². The summed E-state index contributed by atoms with van der Waals surface area (Å²) >= 11 is 8.35. The zero-order valence-corrected chi connectivity index (χ0v) is 50.2. The number of phenolic OH excluding ortho intramolecular Hbond substituents is 1. The molecule has 2 aliphatic rings. The number of phenols is 1. The second-order valence-electron chi connectivity index (χ2n) is 20.8. The number of aliphatic hydroxyl groups is 4. The van der Waals surface area contributed by atoms with E-state index in [2.05, 4.69) is 72.8 Å². The number of hydrogen-bond donors (Lipinski definition) is 20. The summed E-state index contributed by atoms with van der Waals surface area (Å²) in [5.74, 6) is -11.1. The number of aliphatic imine (C=N–C) groups is 1. The van der Waals surface area contributed by atoms with Crippen molar-refractivity contribution in [2.75, 3.05) is 50.9 Å². The quantitative estimate of drug-likeness (QED) is 0.0130. The average Bonchev–Trinajstić information content (AvgIpc) is 2.87. The van der Waals surface area contributed by atoms with Crippen LogP contribution in [0.15, 0.2) is 59.6 Å². The van der Waals surface area contributed by atoms with Crippen LogP contribution in [0.5, 0.6) is 5.75 Å². The number of hydrogen-bond acceptors (Lipinski definition) is 22. The summed E-state index contributed by atoms with van der Waals surface area (Å²) in [6.07, 6.45) is -9.85. The van der Waals surface area contributed by atoms with E-state index >= 15 is 0 Å². The fourth-order valence-electron chi connectivity index (χ4n) is 9.23. The lowest BCUT2D eigenvalue weighted by molar-refractivity contribution is -0.300. The molecular weight excluding hydrogens is 1210 g/mol. The van der Waals surface area contributed by atoms with Crippen LogP contribution < -0.4 is 71.2 Å². The average molecular weight is 1290 g/mol. The molecule has 2 heterocycles. The van der Waals surface area contributed by atoms with Gasteiger partial charge in [-0.05, 0) is 55.4 Å². The van der Waals surface area contributed by atoms with Gasteiger partial charge in [-0.1, -0.05) is 42.5 Å². The molecule has 0 aromatic heterocycles. The molecule has 2 aromatic rings. The highest BCUT2D eigenvalue weighted by Gasteiger charge is 2.44. The van der Waals surface area contributed by atoms with Crippen molar-refractivity contribution in [2.24, 2.45) is 33.7 Å². The van der Waals surface area contributed by atoms with Crippen molar-refractivity contribution >= 4 is 96.2 Å². The number of aliphatic hydroxyl groups excluding tert-OH is 4. The maximum absolute atomic E-state index is 14.7. The molecule has 33 nitrogen and oxygen atoms in total. The van der Waals surface area contributed by atoms with Gasteiger partial charge in [0.2, 0.25) is 65.0 Å². The first-order valence-corrected chi connectivity index (χ1v) is 29.5. The molecule has 0 spiro atoms. The second kappa shape index (κ2) is 37.2. The minimum Gasteiger partial charge on any atom is -0.508 e. The number of ether oxygens (including phenoxy) is 2. The number of likely N-dealkylation sites (tertiary alicyclic amines) is 1. The monoisotopic (exact) mass is 1290 g/mol. The van der Waals surface area contributed by atoms with Gasteiger partial charge in [0.25, 0.3) is 0 Å². The molecule has 13 atom stereocenters. The molecule has 0 aliphatic carbocycles. The molecule has 2 aliphatic heterocycles. The Kier molecular flexibility index (Phi) is 30.7. The van der Waals surface area contributed by atoms with Gasteiger partial charge in [0.15, 0.2) is 12.2 Å². The van der Waals surface area contributed by atoms with E-state index in [-0.39, 0.29) is 75.8 Å². The Bertz CT molecular complexity index is 2770. The molecule has 0 unspecified atom stereocenters. The van der Waals surface area contributed by atoms with Crippen molar-refractivity contribution in [1.82, 2.24) is 47.4 Å². The lowest BCUT2D eigenvalue weighted by atomic mass is 9.99. The Balaban J connectivity index is 1.61. The van der Waals surface area contributed by atoms with E-state index in [0.717, 1.165) is 4.90 Å². The molecule has 2 aromatic carbocycles. The number of aromatic hydroxyl groups is 1. The highest BCUT2D eigenvalue weighted by atomic mass is 32.1. The Morgan fingerprint density at radius 2 is 1.24 bits per heavy atom. The number of nitrogens with one attached hydrogen (secondary N) is 8. The van der Waals surface area contributed by atoms with Crippen molar-refractivity contribution in [2.45, 2.75) is 137 Å². The Morgan fingerprint density at radius 3 is 1.83 bits per heavy atom. The van der Waals surface area contributed by atoms with E-state index in [1.54, 1.807) is 30.3 Å². The summed E-state index contributed by atoms with van der Waals surface area (Å²) in [5, 5.41) is 70.0. The first-order valence-electron chi connectivity index (χ1n) is 28.3. The molecule has 2 saturated heterocycles. The van der Waals surface area contributed by atoms with Crippen LogP contribution in [0.2, 0.25) is 0 Å². The third-order valence-corrected chi connectivity index (χ3v) is 14.8. The van der Waals surface area contributed by atoms with Crippen LogP contribution in [-0.2, 0) is 75.1 Å². The van der Waals surface area contributed by atoms with Gasteiger partial charge in [-0.3, -0.25) is 57.7 Å². The van der Waals surface area contributed by atoms with E-state index in [1.165, 1.54) is 24.3 Å². The first-order chi connectivity index (χ1) is 42.3. The van der Waals surface area contributed by atoms with Gasteiger partial charge >= 0.3 is 0 Å². The highest BCUT2D eigenvalue weighted by Crippen LogP contribution is 2.23. The fourth-order valence-corrected chi connectivity index (χ4v) is 9.64. The molecule has 492 valence electrons. The van der Waals surface area contributed by atoms with Gasteiger partial charge in [-0.15, -0.1) is 0 Å². The van der Waals surface area contributed by atoms with E-state index in [9.17, 15) is 78.3 Å². The van der Waals surface area contributed by atoms with Crippen LogP contribution in [0.3, 0.4) is 0 Å². The number of carbonyl (C=O) groups excluding carboxylic acids is 11. The lowest BCUT2D eigenvalue weighted by Crippen LogP contribution is -2.61. The smallest absolute Gasteiger partial charge is 0.246 e. The summed E-state index contributed by atoms with van der Waals surface area (Å²) in [7, 11) is 0. The minimum atomic E-state index is -1.90. The number of amides is 11. The number of benzene rings is 2. The molecule has 89 heavy (non-hydrogen) atoms. The standard InChI is InChI=1S/C54H81N15O18S2/c55-30(25-88)45(78)65-33(21-28-10-12-29(71)13-11-28)49(82)66-34(20-27-6-2-1-3-7-27)48(81)63-32(14-15-41(74)60-17-19-86-53-44(77)43(76)42(75)38(24-70)87-53)47(80)67-35(22-39(56)72)50(83)68-36(26-89)52(85)69-18-5-9-37(69)51(84)64-31(8-4-16-61-54(58)59)46(79)62-23-40(57)73/h1-3,6-7,10-13,30-38,42-44,53,70-71,75-77,88-89H,4-5,8-9,14-26,55H2,(H2,56,72)(H2,57,73)(H,60,74)(H,62,79)(H,63,81)(H,64,84)(H,65,78)(H,66,82)(H,67,80)(H,68,83)(H4,58,59,61)/t30-,31-,32-,33-,34-,35-,36-,37-,38+,42-,43-,44+,53+/m0/s1. The van der Waals surface area contributed by atoms with Crippen LogP contribution >= 0.6 is 25.3 Å². The van der Waals surface area contributed by atoms with Gasteiger partial charge in [-0.25, -0.2) is 0 Å². The summed E-state index contributed by atoms with van der Waals surface area (Å²) in [6.45, 7) is -1.86. The van der Waals surface area contributed by atoms with E-state index in [1.807, 2.05) is 0 Å². The molecule has 0 radical (unpaired) electrons. The van der Waals surface area contributed by atoms with Crippen molar-refractivity contribution in [3.63, 3.8) is 0 Å². The maximum Gasteiger partial charge on any atom is 0.246 e. The van der Waals surface area contributed by atoms with Crippen LogP contribution in [0.25, 0.3) is 0 Å². The molecule has 23 N–H and O–H groups in total. The molecule has 0 saturated carbocycles. The normalized spacial score (nSPS) is 20.3. The van der Waals surface area contributed by atoms with Crippen LogP contribution in [-0.4, -0.2) is 231 Å². The molecule has 2 fully saturated rings. The van der Waals surface area contributed by atoms with Crippen LogP contribution in [0.1, 0.15) is 56.1 Å². The van der Waals surface area contributed by atoms with Gasteiger partial charge in [0, 0.05) is 50.4 Å². The Hall–Kier alpha value is -7.90. The number of guanidine groups is 1. The first kappa shape index (κ1) is 73.6. The van der Waals surface area contributed by atoms with Gasteiger partial charge < -0.3 is 111 Å². The van der Waals surface area contributed by atoms with Crippen molar-refractivity contribution in [3.8, 4) is 5.75 Å². The van der Waals surface area contributed by atoms with Crippen molar-refractivity contribution in [3.05, 3.63) is 65.7 Å². The fraction of sp³-hybridized carbons (Fsp3) is 0.556. The number of nitrogens with zero attached hydrogens (tertiary/aromatic N) is 2.